The second-order valence-corrected chi connectivity index (χ2v) is 6.93. The van der Waals surface area contributed by atoms with Crippen LogP contribution in [-0.2, 0) is 24.4 Å². The molecule has 2 aromatic rings. The molecule has 0 aliphatic carbocycles. The van der Waals surface area contributed by atoms with Crippen molar-refractivity contribution in [2.45, 2.75) is 19.6 Å². The maximum Gasteiger partial charge on any atom is 0.191 e. The Hall–Kier alpha value is -2.04. The van der Waals surface area contributed by atoms with Gasteiger partial charge in [0.1, 0.15) is 11.5 Å². The Kier molecular flexibility index (Phi) is 10.2. The number of phenolic OH excluding ortho intramolecular Hbond substituents is 1. The molecule has 8 heteroatoms. The van der Waals surface area contributed by atoms with E-state index >= 15 is 0 Å². The van der Waals surface area contributed by atoms with Gasteiger partial charge in [-0.15, -0.1) is 24.0 Å². The summed E-state index contributed by atoms with van der Waals surface area (Å²) >= 11 is 0. The van der Waals surface area contributed by atoms with Gasteiger partial charge in [0.25, 0.3) is 0 Å². The van der Waals surface area contributed by atoms with Crippen molar-refractivity contribution in [2.24, 2.45) is 4.99 Å². The molecule has 1 heterocycles. The number of ether oxygens (including phenoxy) is 2. The van der Waals surface area contributed by atoms with E-state index in [-0.39, 0.29) is 29.7 Å². The molecule has 7 nitrogen and oxygen atoms in total. The summed E-state index contributed by atoms with van der Waals surface area (Å²) in [5, 5.41) is 16.7. The maximum atomic E-state index is 10.0. The highest BCUT2D eigenvalue weighted by Crippen LogP contribution is 2.22. The molecule has 0 bridgehead atoms. The molecule has 2 aromatic carbocycles. The number of guanidine groups is 1. The Bertz CT molecular complexity index is 826. The molecule has 3 rings (SSSR count). The molecular weight excluding hydrogens is 495 g/mol. The minimum atomic E-state index is 0. The summed E-state index contributed by atoms with van der Waals surface area (Å²) in [6.45, 7) is 5.57. The number of morpholine rings is 1. The quantitative estimate of drug-likeness (QED) is 0.293. The van der Waals surface area contributed by atoms with Crippen LogP contribution in [0.4, 0.5) is 0 Å². The summed E-state index contributed by atoms with van der Waals surface area (Å²) in [7, 11) is 3.35. The zero-order chi connectivity index (χ0) is 20.5. The Balaban J connectivity index is 0.00000320. The highest BCUT2D eigenvalue weighted by Gasteiger charge is 2.13. The maximum absolute atomic E-state index is 10.0. The molecule has 164 valence electrons. The van der Waals surface area contributed by atoms with Crippen LogP contribution in [-0.4, -0.2) is 56.4 Å². The average Bonchev–Trinajstić information content (AvgIpc) is 2.76. The van der Waals surface area contributed by atoms with E-state index in [1.807, 2.05) is 6.07 Å². The lowest BCUT2D eigenvalue weighted by Gasteiger charge is -2.27. The molecule has 1 saturated heterocycles. The number of hydrogen-bond donors (Lipinski definition) is 3. The van der Waals surface area contributed by atoms with E-state index in [4.69, 9.17) is 9.47 Å². The van der Waals surface area contributed by atoms with E-state index in [9.17, 15) is 5.11 Å². The van der Waals surface area contributed by atoms with Crippen LogP contribution >= 0.6 is 24.0 Å². The van der Waals surface area contributed by atoms with Crippen LogP contribution in [0.15, 0.2) is 47.5 Å². The van der Waals surface area contributed by atoms with Gasteiger partial charge < -0.3 is 25.2 Å². The van der Waals surface area contributed by atoms with E-state index in [0.29, 0.717) is 24.8 Å². The minimum Gasteiger partial charge on any atom is -0.508 e. The van der Waals surface area contributed by atoms with Crippen molar-refractivity contribution < 1.29 is 14.6 Å². The molecule has 0 spiro atoms. The van der Waals surface area contributed by atoms with Gasteiger partial charge in [0.2, 0.25) is 0 Å². The van der Waals surface area contributed by atoms with Gasteiger partial charge in [-0.05, 0) is 29.3 Å². The lowest BCUT2D eigenvalue weighted by molar-refractivity contribution is 0.0341. The summed E-state index contributed by atoms with van der Waals surface area (Å²) in [5.41, 5.74) is 3.30. The van der Waals surface area contributed by atoms with E-state index < -0.39 is 0 Å². The molecule has 3 N–H and O–H groups in total. The molecule has 1 aliphatic heterocycles. The summed E-state index contributed by atoms with van der Waals surface area (Å²) in [4.78, 5) is 6.71. The molecule has 1 fully saturated rings. The van der Waals surface area contributed by atoms with Crippen LogP contribution in [0.3, 0.4) is 0 Å². The van der Waals surface area contributed by atoms with Crippen molar-refractivity contribution in [2.75, 3.05) is 40.5 Å². The van der Waals surface area contributed by atoms with E-state index in [1.165, 1.54) is 11.1 Å². The van der Waals surface area contributed by atoms with Crippen LogP contribution in [0.5, 0.6) is 11.5 Å². The fourth-order valence-corrected chi connectivity index (χ4v) is 3.29. The first-order valence-electron chi connectivity index (χ1n) is 9.87. The standard InChI is InChI=1S/C22H30N4O3.HI/c1-23-22(25-15-19-13-20(28-2)7-8-21(19)27)24-14-17-5-3-4-6-18(17)16-26-9-11-29-12-10-26;/h3-8,13,27H,9-12,14-16H2,1-2H3,(H2,23,24,25);1H. The zero-order valence-corrected chi connectivity index (χ0v) is 19.9. The molecule has 0 amide bonds. The van der Waals surface area contributed by atoms with Crippen LogP contribution < -0.4 is 15.4 Å². The number of benzene rings is 2. The van der Waals surface area contributed by atoms with Crippen LogP contribution in [0.2, 0.25) is 0 Å². The predicted octanol–water partition coefficient (Wildman–Crippen LogP) is 2.72. The van der Waals surface area contributed by atoms with Crippen molar-refractivity contribution in [3.8, 4) is 11.5 Å². The first-order valence-corrected chi connectivity index (χ1v) is 9.87. The average molecular weight is 526 g/mol. The van der Waals surface area contributed by atoms with Gasteiger partial charge >= 0.3 is 0 Å². The number of nitrogens with one attached hydrogen (secondary N) is 2. The Morgan fingerprint density at radius 1 is 1.07 bits per heavy atom. The first kappa shape index (κ1) is 24.2. The van der Waals surface area contributed by atoms with Gasteiger partial charge in [0.05, 0.1) is 20.3 Å². The molecule has 0 aromatic heterocycles. The van der Waals surface area contributed by atoms with Crippen molar-refractivity contribution in [3.05, 3.63) is 59.2 Å². The van der Waals surface area contributed by atoms with Crippen molar-refractivity contribution in [1.82, 2.24) is 15.5 Å². The minimum absolute atomic E-state index is 0. The number of hydrogen-bond acceptors (Lipinski definition) is 5. The number of halogens is 1. The number of aromatic hydroxyl groups is 1. The molecule has 0 saturated carbocycles. The third-order valence-electron chi connectivity index (χ3n) is 5.02. The third-order valence-corrected chi connectivity index (χ3v) is 5.02. The summed E-state index contributed by atoms with van der Waals surface area (Å²) < 4.78 is 10.7. The normalized spacial score (nSPS) is 14.7. The van der Waals surface area contributed by atoms with Crippen molar-refractivity contribution >= 4 is 29.9 Å². The SMILES string of the molecule is CN=C(NCc1cc(OC)ccc1O)NCc1ccccc1CN1CCOCC1.I. The van der Waals surface area contributed by atoms with Gasteiger partial charge in [-0.3, -0.25) is 9.89 Å². The van der Waals surface area contributed by atoms with E-state index in [1.54, 1.807) is 26.3 Å². The number of nitrogens with zero attached hydrogens (tertiary/aromatic N) is 2. The summed E-state index contributed by atoms with van der Waals surface area (Å²) in [6, 6.07) is 13.6. The molecule has 0 unspecified atom stereocenters. The fraction of sp³-hybridized carbons (Fsp3) is 0.409. The second-order valence-electron chi connectivity index (χ2n) is 6.93. The van der Waals surface area contributed by atoms with Gasteiger partial charge in [0, 0.05) is 45.3 Å². The number of aliphatic imine (C=N–C) groups is 1. The Morgan fingerprint density at radius 2 is 1.73 bits per heavy atom. The Morgan fingerprint density at radius 3 is 2.40 bits per heavy atom. The number of phenols is 1. The molecule has 30 heavy (non-hydrogen) atoms. The van der Waals surface area contributed by atoms with E-state index in [0.717, 1.165) is 38.4 Å². The second kappa shape index (κ2) is 12.6. The number of methoxy groups -OCH3 is 1. The van der Waals surface area contributed by atoms with Crippen LogP contribution in [0.25, 0.3) is 0 Å². The summed E-state index contributed by atoms with van der Waals surface area (Å²) in [6.07, 6.45) is 0. The number of rotatable bonds is 7. The highest BCUT2D eigenvalue weighted by atomic mass is 127. The lowest BCUT2D eigenvalue weighted by Crippen LogP contribution is -2.37. The fourth-order valence-electron chi connectivity index (χ4n) is 3.29. The summed E-state index contributed by atoms with van der Waals surface area (Å²) in [5.74, 6) is 1.61. The largest absolute Gasteiger partial charge is 0.508 e. The van der Waals surface area contributed by atoms with Gasteiger partial charge in [-0.1, -0.05) is 24.3 Å². The first-order chi connectivity index (χ1) is 14.2. The van der Waals surface area contributed by atoms with Gasteiger partial charge in [0.15, 0.2) is 5.96 Å². The topological polar surface area (TPSA) is 78.4 Å². The monoisotopic (exact) mass is 526 g/mol. The van der Waals surface area contributed by atoms with Crippen molar-refractivity contribution in [3.63, 3.8) is 0 Å². The van der Waals surface area contributed by atoms with Crippen molar-refractivity contribution in [1.29, 1.82) is 0 Å². The Labute approximate surface area is 195 Å². The molecule has 0 radical (unpaired) electrons. The zero-order valence-electron chi connectivity index (χ0n) is 17.6. The van der Waals surface area contributed by atoms with Gasteiger partial charge in [-0.25, -0.2) is 0 Å². The third kappa shape index (κ3) is 7.03. The highest BCUT2D eigenvalue weighted by molar-refractivity contribution is 14.0. The molecule has 0 atom stereocenters. The van der Waals surface area contributed by atoms with E-state index in [2.05, 4.69) is 44.8 Å². The molecule has 1 aliphatic rings. The predicted molar refractivity (Wildman–Crippen MR) is 130 cm³/mol. The van der Waals surface area contributed by atoms with Gasteiger partial charge in [-0.2, -0.15) is 0 Å². The molecular formula is C22H31IN4O3. The van der Waals surface area contributed by atoms with Crippen LogP contribution in [0.1, 0.15) is 16.7 Å². The smallest absolute Gasteiger partial charge is 0.191 e. The lowest BCUT2D eigenvalue weighted by atomic mass is 10.1. The van der Waals surface area contributed by atoms with Crippen LogP contribution in [0, 0.1) is 0 Å².